The average molecular weight is 234 g/mol. The van der Waals surface area contributed by atoms with Gasteiger partial charge in [0.2, 0.25) is 0 Å². The summed E-state index contributed by atoms with van der Waals surface area (Å²) in [6, 6.07) is 0. The molecule has 1 rings (SSSR count). The van der Waals surface area contributed by atoms with E-state index in [4.69, 9.17) is 0 Å². The van der Waals surface area contributed by atoms with Crippen LogP contribution >= 0.6 is 0 Å². The molecule has 0 aromatic rings. The molecular weight excluding hydrogens is 234 g/mol. The highest BCUT2D eigenvalue weighted by Gasteiger charge is 2.49. The number of rotatable bonds is 2. The summed E-state index contributed by atoms with van der Waals surface area (Å²) in [5.41, 5.74) is -3.86. The summed E-state index contributed by atoms with van der Waals surface area (Å²) in [6.45, 7) is 0. The first-order chi connectivity index (χ1) is 7.29. The van der Waals surface area contributed by atoms with E-state index in [2.05, 4.69) is 0 Å². The molecule has 0 fully saturated rings. The van der Waals surface area contributed by atoms with Crippen molar-refractivity contribution in [1.82, 2.24) is 0 Å². The highest BCUT2D eigenvalue weighted by Crippen LogP contribution is 2.26. The van der Waals surface area contributed by atoms with Crippen molar-refractivity contribution in [3.05, 3.63) is 43.3 Å². The summed E-state index contributed by atoms with van der Waals surface area (Å²) in [6.07, 6.45) is 0. The summed E-state index contributed by atoms with van der Waals surface area (Å²) in [7, 11) is 0. The van der Waals surface area contributed by atoms with E-state index in [9.17, 15) is 38.6 Å². The van der Waals surface area contributed by atoms with Crippen LogP contribution in [0, 0.1) is 20.2 Å². The Labute approximate surface area is 84.1 Å². The molecule has 1 aliphatic carbocycles. The van der Waals surface area contributed by atoms with Crippen LogP contribution in [0.25, 0.3) is 0 Å². The van der Waals surface area contributed by atoms with E-state index in [1.54, 1.807) is 0 Å². The van der Waals surface area contributed by atoms with Gasteiger partial charge in [0.05, 0.1) is 9.85 Å². The molecule has 0 saturated heterocycles. The van der Waals surface area contributed by atoms with Crippen LogP contribution in [0.15, 0.2) is 23.0 Å². The summed E-state index contributed by atoms with van der Waals surface area (Å²) in [5, 5.41) is 20.3. The van der Waals surface area contributed by atoms with Gasteiger partial charge in [-0.2, -0.15) is 8.78 Å². The molecule has 1 aliphatic rings. The first kappa shape index (κ1) is 11.6. The van der Waals surface area contributed by atoms with Crippen LogP contribution in [-0.4, -0.2) is 21.4 Å². The minimum absolute atomic E-state index is 1.62. The molecule has 0 aliphatic heterocycles. The van der Waals surface area contributed by atoms with Crippen LogP contribution in [0.3, 0.4) is 0 Å². The van der Waals surface area contributed by atoms with Gasteiger partial charge in [-0.25, -0.2) is 0 Å². The van der Waals surface area contributed by atoms with Gasteiger partial charge in [-0.3, -0.25) is 29.8 Å². The second-order valence-electron chi connectivity index (χ2n) is 2.50. The Morgan fingerprint density at radius 1 is 0.812 bits per heavy atom. The van der Waals surface area contributed by atoms with Gasteiger partial charge in [0, 0.05) is 0 Å². The van der Waals surface area contributed by atoms with Crippen molar-refractivity contribution < 1.29 is 28.2 Å². The molecule has 10 heteroatoms. The van der Waals surface area contributed by atoms with E-state index in [0.717, 1.165) is 0 Å². The van der Waals surface area contributed by atoms with Gasteiger partial charge in [0.25, 0.3) is 17.4 Å². The van der Waals surface area contributed by atoms with Gasteiger partial charge in [0.1, 0.15) is 0 Å². The normalized spacial score (nSPS) is 16.9. The van der Waals surface area contributed by atoms with Crippen LogP contribution in [0.2, 0.25) is 0 Å². The van der Waals surface area contributed by atoms with Crippen molar-refractivity contribution in [2.45, 2.75) is 0 Å². The third kappa shape index (κ3) is 1.45. The number of allylic oxidation sites excluding steroid dienone is 2. The summed E-state index contributed by atoms with van der Waals surface area (Å²) in [4.78, 5) is 38.7. The van der Waals surface area contributed by atoms with E-state index in [1.807, 2.05) is 0 Å². The highest BCUT2D eigenvalue weighted by atomic mass is 19.1. The second-order valence-corrected chi connectivity index (χ2v) is 2.50. The van der Waals surface area contributed by atoms with E-state index in [1.165, 1.54) is 0 Å². The summed E-state index contributed by atoms with van der Waals surface area (Å²) in [5.74, 6) is -8.76. The lowest BCUT2D eigenvalue weighted by molar-refractivity contribution is -0.436. The van der Waals surface area contributed by atoms with E-state index < -0.39 is 44.5 Å². The Bertz CT molecular complexity index is 463. The molecule has 0 aromatic carbocycles. The molecule has 0 atom stereocenters. The first-order valence-corrected chi connectivity index (χ1v) is 3.46. The number of carbonyl (C=O) groups excluding carboxylic acids is 2. The zero-order valence-corrected chi connectivity index (χ0v) is 7.10. The molecule has 0 heterocycles. The maximum absolute atomic E-state index is 12.8. The van der Waals surface area contributed by atoms with Crippen molar-refractivity contribution >= 4 is 11.6 Å². The number of nitrogens with zero attached hydrogens (tertiary/aromatic N) is 2. The zero-order chi connectivity index (χ0) is 12.6. The Hall–Kier alpha value is -2.52. The van der Waals surface area contributed by atoms with Crippen molar-refractivity contribution in [2.75, 3.05) is 0 Å². The monoisotopic (exact) mass is 234 g/mol. The lowest BCUT2D eigenvalue weighted by atomic mass is 10.0. The fourth-order valence-corrected chi connectivity index (χ4v) is 0.949. The fraction of sp³-hybridized carbons (Fsp3) is 0. The van der Waals surface area contributed by atoms with E-state index in [-0.39, 0.29) is 0 Å². The average Bonchev–Trinajstić information content (AvgIpc) is 2.13. The lowest BCUT2D eigenvalue weighted by Crippen LogP contribution is -2.28. The van der Waals surface area contributed by atoms with Crippen molar-refractivity contribution in [3.8, 4) is 0 Å². The highest BCUT2D eigenvalue weighted by molar-refractivity contribution is 6.21. The van der Waals surface area contributed by atoms with Gasteiger partial charge in [-0.1, -0.05) is 0 Å². The fourth-order valence-electron chi connectivity index (χ4n) is 0.949. The number of hydrogen-bond donors (Lipinski definition) is 0. The van der Waals surface area contributed by atoms with Crippen molar-refractivity contribution in [3.63, 3.8) is 0 Å². The first-order valence-electron chi connectivity index (χ1n) is 3.46. The van der Waals surface area contributed by atoms with Crippen molar-refractivity contribution in [2.24, 2.45) is 0 Å². The van der Waals surface area contributed by atoms with Gasteiger partial charge in [-0.05, 0) is 0 Å². The van der Waals surface area contributed by atoms with Crippen LogP contribution in [0.4, 0.5) is 8.78 Å². The molecule has 16 heavy (non-hydrogen) atoms. The predicted octanol–water partition coefficient (Wildman–Crippen LogP) is 0.0538. The van der Waals surface area contributed by atoms with Gasteiger partial charge >= 0.3 is 17.2 Å². The minimum atomic E-state index is -2.25. The summed E-state index contributed by atoms with van der Waals surface area (Å²) >= 11 is 0. The Morgan fingerprint density at radius 3 is 1.38 bits per heavy atom. The minimum Gasteiger partial charge on any atom is -0.283 e. The molecule has 0 unspecified atom stereocenters. The number of halogens is 2. The smallest absolute Gasteiger partial charge is 0.283 e. The van der Waals surface area contributed by atoms with Crippen LogP contribution < -0.4 is 0 Å². The molecule has 0 bridgehead atoms. The lowest BCUT2D eigenvalue weighted by Gasteiger charge is -2.04. The largest absolute Gasteiger partial charge is 0.363 e. The SMILES string of the molecule is O=C1C(F)=C([N+](=O)[O-])C(=O)C([N+](=O)[O-])=C1F. The van der Waals surface area contributed by atoms with E-state index >= 15 is 0 Å². The van der Waals surface area contributed by atoms with Crippen LogP contribution in [0.1, 0.15) is 0 Å². The summed E-state index contributed by atoms with van der Waals surface area (Å²) < 4.78 is 25.6. The number of ketones is 2. The quantitative estimate of drug-likeness (QED) is 0.378. The van der Waals surface area contributed by atoms with E-state index in [0.29, 0.717) is 0 Å². The molecule has 0 radical (unpaired) electrons. The molecule has 0 saturated carbocycles. The Balaban J connectivity index is 3.51. The van der Waals surface area contributed by atoms with Crippen LogP contribution in [-0.2, 0) is 9.59 Å². The maximum Gasteiger partial charge on any atom is 0.363 e. The van der Waals surface area contributed by atoms with Gasteiger partial charge in [-0.15, -0.1) is 0 Å². The topological polar surface area (TPSA) is 120 Å². The molecule has 0 aromatic heterocycles. The molecule has 8 nitrogen and oxygen atoms in total. The standard InChI is InChI=1S/C6F2N2O6/c7-1-3(9(13)14)6(12)4(10(15)16)2(8)5(1)11. The predicted molar refractivity (Wildman–Crippen MR) is 40.3 cm³/mol. The van der Waals surface area contributed by atoms with Gasteiger partial charge in [0.15, 0.2) is 0 Å². The molecular formula is C6F2N2O6. The molecule has 0 N–H and O–H groups in total. The second kappa shape index (κ2) is 3.56. The maximum atomic E-state index is 12.8. The third-order valence-electron chi connectivity index (χ3n) is 1.61. The number of Topliss-reactive ketones (excluding diaryl/α,β-unsaturated/α-hetero) is 2. The number of hydrogen-bond acceptors (Lipinski definition) is 6. The third-order valence-corrected chi connectivity index (χ3v) is 1.61. The number of nitro groups is 2. The van der Waals surface area contributed by atoms with Crippen molar-refractivity contribution in [1.29, 1.82) is 0 Å². The molecule has 0 spiro atoms. The zero-order valence-electron chi connectivity index (χ0n) is 7.10. The Morgan fingerprint density at radius 2 is 1.12 bits per heavy atom. The molecule has 0 amide bonds. The van der Waals surface area contributed by atoms with Crippen LogP contribution in [0.5, 0.6) is 0 Å². The molecule has 84 valence electrons. The Kier molecular flexibility index (Phi) is 2.57. The van der Waals surface area contributed by atoms with Gasteiger partial charge < -0.3 is 0 Å². The number of carbonyl (C=O) groups is 2.